The molecule has 2 N–H and O–H groups in total. The van der Waals surface area contributed by atoms with Gasteiger partial charge in [-0.25, -0.2) is 0 Å². The van der Waals surface area contributed by atoms with Crippen LogP contribution in [0.25, 0.3) is 0 Å². The molecule has 1 aromatic carbocycles. The Morgan fingerprint density at radius 3 is 2.70 bits per heavy atom. The lowest BCUT2D eigenvalue weighted by molar-refractivity contribution is -0.384. The molecule has 0 aliphatic heterocycles. The Labute approximate surface area is 114 Å². The Morgan fingerprint density at radius 1 is 1.35 bits per heavy atom. The van der Waals surface area contributed by atoms with Crippen LogP contribution in [0.3, 0.4) is 0 Å². The molecule has 2 rings (SSSR count). The lowest BCUT2D eigenvalue weighted by Gasteiger charge is -2.03. The van der Waals surface area contributed by atoms with Crippen molar-refractivity contribution in [3.05, 3.63) is 58.4 Å². The van der Waals surface area contributed by atoms with Crippen LogP contribution < -0.4 is 10.6 Å². The minimum Gasteiger partial charge on any atom is -0.398 e. The molecule has 0 atom stereocenters. The van der Waals surface area contributed by atoms with Crippen LogP contribution in [0.4, 0.5) is 11.4 Å². The molecule has 1 aromatic heterocycles. The van der Waals surface area contributed by atoms with Crippen molar-refractivity contribution in [2.45, 2.75) is 6.92 Å². The number of nitrogens with zero attached hydrogens (tertiary/aromatic N) is 3. The second-order valence-corrected chi connectivity index (χ2v) is 4.02. The van der Waals surface area contributed by atoms with Gasteiger partial charge in [0.05, 0.1) is 16.7 Å². The van der Waals surface area contributed by atoms with Crippen molar-refractivity contribution in [3.63, 3.8) is 0 Å². The minimum absolute atomic E-state index is 0.142. The number of oxime groups is 1. The van der Waals surface area contributed by atoms with Crippen LogP contribution in [-0.4, -0.2) is 15.6 Å². The first-order chi connectivity index (χ1) is 9.56. The SMILES string of the molecule is C/C(=N\Oc1cc(N)cc([N+](=O)[O-])c1)c1ccncc1. The number of nitro benzene ring substituents is 1. The van der Waals surface area contributed by atoms with E-state index in [1.165, 1.54) is 18.2 Å². The van der Waals surface area contributed by atoms with E-state index in [0.29, 0.717) is 5.71 Å². The van der Waals surface area contributed by atoms with E-state index in [1.807, 2.05) is 0 Å². The minimum atomic E-state index is -0.539. The molecule has 20 heavy (non-hydrogen) atoms. The maximum absolute atomic E-state index is 10.7. The molecule has 0 unspecified atom stereocenters. The van der Waals surface area contributed by atoms with Gasteiger partial charge in [0, 0.05) is 35.8 Å². The van der Waals surface area contributed by atoms with Gasteiger partial charge in [-0.2, -0.15) is 0 Å². The van der Waals surface area contributed by atoms with Crippen LogP contribution in [0.5, 0.6) is 5.75 Å². The van der Waals surface area contributed by atoms with Gasteiger partial charge in [-0.15, -0.1) is 0 Å². The second-order valence-electron chi connectivity index (χ2n) is 4.02. The predicted molar refractivity (Wildman–Crippen MR) is 74.6 cm³/mol. The Bertz CT molecular complexity index is 656. The highest BCUT2D eigenvalue weighted by Crippen LogP contribution is 2.24. The quantitative estimate of drug-likeness (QED) is 0.398. The summed E-state index contributed by atoms with van der Waals surface area (Å²) in [5.41, 5.74) is 7.14. The third-order valence-electron chi connectivity index (χ3n) is 2.51. The lowest BCUT2D eigenvalue weighted by Crippen LogP contribution is -1.99. The zero-order chi connectivity index (χ0) is 14.5. The van der Waals surface area contributed by atoms with Crippen LogP contribution in [0.15, 0.2) is 47.9 Å². The molecule has 102 valence electrons. The maximum atomic E-state index is 10.7. The number of hydrogen-bond donors (Lipinski definition) is 1. The van der Waals surface area contributed by atoms with Crippen LogP contribution in [0.2, 0.25) is 0 Å². The van der Waals surface area contributed by atoms with Gasteiger partial charge >= 0.3 is 0 Å². The Kier molecular flexibility index (Phi) is 3.90. The molecule has 0 aliphatic rings. The summed E-state index contributed by atoms with van der Waals surface area (Å²) in [6.45, 7) is 1.76. The zero-order valence-electron chi connectivity index (χ0n) is 10.7. The highest BCUT2D eigenvalue weighted by atomic mass is 16.6. The fraction of sp³-hybridized carbons (Fsp3) is 0.0769. The van der Waals surface area contributed by atoms with Crippen molar-refractivity contribution in [3.8, 4) is 5.75 Å². The molecule has 0 radical (unpaired) electrons. The van der Waals surface area contributed by atoms with Gasteiger partial charge in [0.25, 0.3) is 5.69 Å². The van der Waals surface area contributed by atoms with E-state index in [4.69, 9.17) is 10.6 Å². The average Bonchev–Trinajstić information content (AvgIpc) is 2.45. The van der Waals surface area contributed by atoms with Gasteiger partial charge in [-0.05, 0) is 19.1 Å². The van der Waals surface area contributed by atoms with Gasteiger partial charge in [0.1, 0.15) is 0 Å². The number of anilines is 1. The molecule has 2 aromatic rings. The van der Waals surface area contributed by atoms with E-state index in [9.17, 15) is 10.1 Å². The number of hydrogen-bond acceptors (Lipinski definition) is 6. The Hall–Kier alpha value is -2.96. The number of benzene rings is 1. The molecule has 0 fully saturated rings. The van der Waals surface area contributed by atoms with Crippen LogP contribution in [0, 0.1) is 10.1 Å². The summed E-state index contributed by atoms with van der Waals surface area (Å²) < 4.78 is 0. The summed E-state index contributed by atoms with van der Waals surface area (Å²) in [5, 5.41) is 14.6. The van der Waals surface area contributed by atoms with Crippen molar-refractivity contribution in [1.82, 2.24) is 4.98 Å². The normalized spacial score (nSPS) is 11.2. The van der Waals surface area contributed by atoms with Gasteiger partial charge in [-0.1, -0.05) is 5.16 Å². The number of rotatable bonds is 4. The molecule has 7 nitrogen and oxygen atoms in total. The van der Waals surface area contributed by atoms with Gasteiger partial charge in [0.2, 0.25) is 0 Å². The molecule has 7 heteroatoms. The monoisotopic (exact) mass is 272 g/mol. The summed E-state index contributed by atoms with van der Waals surface area (Å²) in [7, 11) is 0. The highest BCUT2D eigenvalue weighted by Gasteiger charge is 2.09. The Morgan fingerprint density at radius 2 is 2.05 bits per heavy atom. The average molecular weight is 272 g/mol. The number of pyridine rings is 1. The van der Waals surface area contributed by atoms with Crippen LogP contribution in [0.1, 0.15) is 12.5 Å². The predicted octanol–water partition coefficient (Wildman–Crippen LogP) is 2.38. The number of nitro groups is 1. The van der Waals surface area contributed by atoms with Crippen LogP contribution in [-0.2, 0) is 0 Å². The molecule has 0 aliphatic carbocycles. The first kappa shape index (κ1) is 13.5. The second kappa shape index (κ2) is 5.79. The van der Waals surface area contributed by atoms with Crippen LogP contribution >= 0.6 is 0 Å². The van der Waals surface area contributed by atoms with Gasteiger partial charge in [-0.3, -0.25) is 15.1 Å². The number of nitrogens with two attached hydrogens (primary N) is 1. The summed E-state index contributed by atoms with van der Waals surface area (Å²) in [5.74, 6) is 0.213. The summed E-state index contributed by atoms with van der Waals surface area (Å²) in [4.78, 5) is 19.3. The fourth-order valence-corrected chi connectivity index (χ4v) is 1.53. The van der Waals surface area contributed by atoms with Gasteiger partial charge in [0.15, 0.2) is 5.75 Å². The van der Waals surface area contributed by atoms with E-state index >= 15 is 0 Å². The van der Waals surface area contributed by atoms with E-state index in [2.05, 4.69) is 10.1 Å². The van der Waals surface area contributed by atoms with Crippen molar-refractivity contribution in [1.29, 1.82) is 0 Å². The van der Waals surface area contributed by atoms with E-state index < -0.39 is 4.92 Å². The van der Waals surface area contributed by atoms with Crippen molar-refractivity contribution >= 4 is 17.1 Å². The van der Waals surface area contributed by atoms with Crippen molar-refractivity contribution < 1.29 is 9.76 Å². The number of non-ortho nitro benzene ring substituents is 1. The number of nitrogen functional groups attached to an aromatic ring is 1. The third-order valence-corrected chi connectivity index (χ3v) is 2.51. The summed E-state index contributed by atoms with van der Waals surface area (Å²) >= 11 is 0. The number of aromatic nitrogens is 1. The molecule has 0 amide bonds. The molecule has 1 heterocycles. The molecular formula is C13H12N4O3. The molecule has 0 saturated carbocycles. The topological polar surface area (TPSA) is 104 Å². The zero-order valence-corrected chi connectivity index (χ0v) is 10.7. The summed E-state index contributed by atoms with van der Waals surface area (Å²) in [6.07, 6.45) is 3.28. The van der Waals surface area contributed by atoms with E-state index in [-0.39, 0.29) is 17.1 Å². The molecule has 0 saturated heterocycles. The smallest absolute Gasteiger partial charge is 0.275 e. The summed E-state index contributed by atoms with van der Waals surface area (Å²) in [6, 6.07) is 7.55. The van der Waals surface area contributed by atoms with Crippen molar-refractivity contribution in [2.24, 2.45) is 5.16 Å². The molecule has 0 spiro atoms. The van der Waals surface area contributed by atoms with E-state index in [0.717, 1.165) is 5.56 Å². The van der Waals surface area contributed by atoms with Gasteiger partial charge < -0.3 is 10.6 Å². The third kappa shape index (κ3) is 3.29. The standard InChI is InChI=1S/C13H12N4O3/c1-9(10-2-4-15-5-3-10)16-20-13-7-11(14)6-12(8-13)17(18)19/h2-8H,14H2,1H3/b16-9+. The Balaban J connectivity index is 2.20. The highest BCUT2D eigenvalue weighted by molar-refractivity contribution is 5.98. The molecule has 0 bridgehead atoms. The van der Waals surface area contributed by atoms with Crippen molar-refractivity contribution in [2.75, 3.05) is 5.73 Å². The fourth-order valence-electron chi connectivity index (χ4n) is 1.53. The van der Waals surface area contributed by atoms with E-state index in [1.54, 1.807) is 31.5 Å². The largest absolute Gasteiger partial charge is 0.398 e. The lowest BCUT2D eigenvalue weighted by atomic mass is 10.2. The first-order valence-electron chi connectivity index (χ1n) is 5.73. The molecular weight excluding hydrogens is 260 g/mol. The first-order valence-corrected chi connectivity index (χ1v) is 5.73. The maximum Gasteiger partial charge on any atom is 0.275 e.